The number of rotatable bonds is 8. The number of carbonyl (C=O) groups is 1. The smallest absolute Gasteiger partial charge is 0.261 e. The van der Waals surface area contributed by atoms with Gasteiger partial charge in [0, 0.05) is 12.2 Å². The van der Waals surface area contributed by atoms with Crippen molar-refractivity contribution in [3.05, 3.63) is 59.9 Å². The highest BCUT2D eigenvalue weighted by molar-refractivity contribution is 7.92. The number of halogens is 1. The monoisotopic (exact) mass is 404 g/mol. The van der Waals surface area contributed by atoms with E-state index in [1.54, 1.807) is 24.3 Å². The van der Waals surface area contributed by atoms with E-state index >= 15 is 0 Å². The summed E-state index contributed by atoms with van der Waals surface area (Å²) in [5, 5.41) is 3.01. The molecule has 1 aliphatic rings. The van der Waals surface area contributed by atoms with Crippen LogP contribution in [0.3, 0.4) is 0 Å². The van der Waals surface area contributed by atoms with E-state index in [1.165, 1.54) is 12.1 Å². The Bertz CT molecular complexity index is 935. The van der Waals surface area contributed by atoms with Crippen LogP contribution in [0.25, 0.3) is 0 Å². The third kappa shape index (κ3) is 4.52. The zero-order valence-electron chi connectivity index (χ0n) is 16.0. The molecule has 0 aliphatic heterocycles. The molecule has 0 saturated heterocycles. The van der Waals surface area contributed by atoms with Crippen LogP contribution >= 0.6 is 0 Å². The van der Waals surface area contributed by atoms with Crippen LogP contribution in [0.15, 0.2) is 53.4 Å². The van der Waals surface area contributed by atoms with Crippen molar-refractivity contribution in [1.82, 2.24) is 5.32 Å². The second-order valence-electron chi connectivity index (χ2n) is 7.66. The van der Waals surface area contributed by atoms with Crippen molar-refractivity contribution < 1.29 is 17.6 Å². The largest absolute Gasteiger partial charge is 0.355 e. The molecule has 3 rings (SSSR count). The Kier molecular flexibility index (Phi) is 5.74. The summed E-state index contributed by atoms with van der Waals surface area (Å²) >= 11 is 0. The molecule has 0 aromatic heterocycles. The number of benzene rings is 2. The maximum atomic E-state index is 13.0. The SMILES string of the molecule is CC(C)CCNC(=O)C1(c2ccc(NS(=O)(=O)c3ccc(F)cc3)cc2)CC1. The summed E-state index contributed by atoms with van der Waals surface area (Å²) in [6, 6.07) is 11.5. The van der Waals surface area contributed by atoms with E-state index in [4.69, 9.17) is 0 Å². The van der Waals surface area contributed by atoms with Gasteiger partial charge in [-0.05, 0) is 67.1 Å². The van der Waals surface area contributed by atoms with Crippen molar-refractivity contribution in [2.45, 2.75) is 43.4 Å². The van der Waals surface area contributed by atoms with Gasteiger partial charge in [0.1, 0.15) is 5.82 Å². The van der Waals surface area contributed by atoms with Gasteiger partial charge in [-0.1, -0.05) is 26.0 Å². The molecule has 1 saturated carbocycles. The number of amides is 1. The third-order valence-corrected chi connectivity index (χ3v) is 6.40. The number of anilines is 1. The lowest BCUT2D eigenvalue weighted by Gasteiger charge is -2.17. The van der Waals surface area contributed by atoms with E-state index in [0.717, 1.165) is 37.0 Å². The van der Waals surface area contributed by atoms with Crippen LogP contribution in [0.5, 0.6) is 0 Å². The molecule has 2 N–H and O–H groups in total. The molecule has 2 aromatic carbocycles. The molecular formula is C21H25FN2O3S. The number of nitrogens with one attached hydrogen (secondary N) is 2. The lowest BCUT2D eigenvalue weighted by atomic mass is 9.94. The maximum absolute atomic E-state index is 13.0. The molecule has 1 fully saturated rings. The van der Waals surface area contributed by atoms with E-state index in [1.807, 2.05) is 0 Å². The zero-order chi connectivity index (χ0) is 20.4. The molecule has 1 aliphatic carbocycles. The summed E-state index contributed by atoms with van der Waals surface area (Å²) in [5.74, 6) is 0.0707. The minimum absolute atomic E-state index is 0.0128. The first-order valence-electron chi connectivity index (χ1n) is 9.40. The molecule has 150 valence electrons. The molecule has 0 radical (unpaired) electrons. The van der Waals surface area contributed by atoms with Gasteiger partial charge in [-0.15, -0.1) is 0 Å². The molecule has 7 heteroatoms. The predicted octanol–water partition coefficient (Wildman–Crippen LogP) is 3.82. The van der Waals surface area contributed by atoms with Gasteiger partial charge in [0.15, 0.2) is 0 Å². The first kappa shape index (κ1) is 20.3. The molecular weight excluding hydrogens is 379 g/mol. The second-order valence-corrected chi connectivity index (χ2v) is 9.34. The predicted molar refractivity (Wildman–Crippen MR) is 107 cm³/mol. The van der Waals surface area contributed by atoms with Crippen LogP contribution in [-0.2, 0) is 20.2 Å². The van der Waals surface area contributed by atoms with Gasteiger partial charge in [-0.2, -0.15) is 0 Å². The highest BCUT2D eigenvalue weighted by atomic mass is 32.2. The minimum Gasteiger partial charge on any atom is -0.355 e. The Morgan fingerprint density at radius 1 is 1.07 bits per heavy atom. The molecule has 0 atom stereocenters. The first-order chi connectivity index (χ1) is 13.2. The van der Waals surface area contributed by atoms with Crippen LogP contribution in [0.1, 0.15) is 38.7 Å². The first-order valence-corrected chi connectivity index (χ1v) is 10.9. The van der Waals surface area contributed by atoms with E-state index in [2.05, 4.69) is 23.9 Å². The summed E-state index contributed by atoms with van der Waals surface area (Å²) in [6.45, 7) is 4.89. The lowest BCUT2D eigenvalue weighted by molar-refractivity contribution is -0.123. The molecule has 0 spiro atoms. The Morgan fingerprint density at radius 2 is 1.68 bits per heavy atom. The number of sulfonamides is 1. The maximum Gasteiger partial charge on any atom is 0.261 e. The van der Waals surface area contributed by atoms with Crippen molar-refractivity contribution in [3.8, 4) is 0 Å². The van der Waals surface area contributed by atoms with Crippen LogP contribution < -0.4 is 10.0 Å². The molecule has 2 aromatic rings. The Hall–Kier alpha value is -2.41. The van der Waals surface area contributed by atoms with Crippen LogP contribution in [-0.4, -0.2) is 20.9 Å². The van der Waals surface area contributed by atoms with Gasteiger partial charge >= 0.3 is 0 Å². The van der Waals surface area contributed by atoms with Gasteiger partial charge in [-0.3, -0.25) is 9.52 Å². The van der Waals surface area contributed by atoms with E-state index in [-0.39, 0.29) is 10.8 Å². The second kappa shape index (κ2) is 7.91. The standard InChI is InChI=1S/C21H25FN2O3S/c1-15(2)11-14-23-20(25)21(12-13-21)16-3-7-18(8-4-16)24-28(26,27)19-9-5-17(22)6-10-19/h3-10,15,24H,11-14H2,1-2H3,(H,23,25). The van der Waals surface area contributed by atoms with Crippen molar-refractivity contribution in [1.29, 1.82) is 0 Å². The summed E-state index contributed by atoms with van der Waals surface area (Å²) in [5.41, 5.74) is 0.786. The minimum atomic E-state index is -3.80. The summed E-state index contributed by atoms with van der Waals surface area (Å²) < 4.78 is 40.3. The fraction of sp³-hybridized carbons (Fsp3) is 0.381. The van der Waals surface area contributed by atoms with Crippen LogP contribution in [0.2, 0.25) is 0 Å². The summed E-state index contributed by atoms with van der Waals surface area (Å²) in [7, 11) is -3.80. The van der Waals surface area contributed by atoms with Gasteiger partial charge in [0.2, 0.25) is 5.91 Å². The molecule has 0 heterocycles. The molecule has 1 amide bonds. The highest BCUT2D eigenvalue weighted by Crippen LogP contribution is 2.48. The van der Waals surface area contributed by atoms with Gasteiger partial charge in [0.05, 0.1) is 10.3 Å². The molecule has 5 nitrogen and oxygen atoms in total. The van der Waals surface area contributed by atoms with Gasteiger partial charge < -0.3 is 5.32 Å². The van der Waals surface area contributed by atoms with E-state index in [0.29, 0.717) is 18.2 Å². The van der Waals surface area contributed by atoms with E-state index in [9.17, 15) is 17.6 Å². The average Bonchev–Trinajstić information content (AvgIpc) is 3.44. The Labute approximate surface area is 165 Å². The molecule has 0 bridgehead atoms. The van der Waals surface area contributed by atoms with Crippen molar-refractivity contribution >= 4 is 21.6 Å². The van der Waals surface area contributed by atoms with Crippen LogP contribution in [0, 0.1) is 11.7 Å². The normalized spacial score (nSPS) is 15.3. The average molecular weight is 405 g/mol. The van der Waals surface area contributed by atoms with Crippen molar-refractivity contribution in [2.75, 3.05) is 11.3 Å². The lowest BCUT2D eigenvalue weighted by Crippen LogP contribution is -2.35. The quantitative estimate of drug-likeness (QED) is 0.702. The van der Waals surface area contributed by atoms with Crippen LogP contribution in [0.4, 0.5) is 10.1 Å². The highest BCUT2D eigenvalue weighted by Gasteiger charge is 2.51. The number of hydrogen-bond acceptors (Lipinski definition) is 3. The Morgan fingerprint density at radius 3 is 2.21 bits per heavy atom. The summed E-state index contributed by atoms with van der Waals surface area (Å²) in [4.78, 5) is 12.6. The number of hydrogen-bond donors (Lipinski definition) is 2. The fourth-order valence-corrected chi connectivity index (χ4v) is 4.16. The third-order valence-electron chi connectivity index (χ3n) is 5.01. The van der Waals surface area contributed by atoms with Crippen molar-refractivity contribution in [2.24, 2.45) is 5.92 Å². The van der Waals surface area contributed by atoms with Crippen molar-refractivity contribution in [3.63, 3.8) is 0 Å². The Balaban J connectivity index is 1.68. The topological polar surface area (TPSA) is 75.3 Å². The van der Waals surface area contributed by atoms with Gasteiger partial charge in [-0.25, -0.2) is 12.8 Å². The molecule has 28 heavy (non-hydrogen) atoms. The molecule has 0 unspecified atom stereocenters. The summed E-state index contributed by atoms with van der Waals surface area (Å²) in [6.07, 6.45) is 2.52. The zero-order valence-corrected chi connectivity index (χ0v) is 16.9. The van der Waals surface area contributed by atoms with Gasteiger partial charge in [0.25, 0.3) is 10.0 Å². The number of carbonyl (C=O) groups excluding carboxylic acids is 1. The van der Waals surface area contributed by atoms with E-state index < -0.39 is 21.3 Å². The fourth-order valence-electron chi connectivity index (χ4n) is 3.10.